The molecule has 20 heavy (non-hydrogen) atoms. The van der Waals surface area contributed by atoms with Crippen LogP contribution in [0.4, 0.5) is 5.69 Å². The monoisotopic (exact) mass is 297 g/mol. The third-order valence-corrected chi connectivity index (χ3v) is 2.79. The lowest BCUT2D eigenvalue weighted by atomic mass is 10.1. The zero-order chi connectivity index (χ0) is 14.9. The zero-order valence-corrected chi connectivity index (χ0v) is 10.6. The molecule has 104 valence electrons. The van der Waals surface area contributed by atoms with E-state index in [2.05, 4.69) is 0 Å². The number of carbonyl (C=O) groups is 1. The van der Waals surface area contributed by atoms with Gasteiger partial charge in [0.1, 0.15) is 5.76 Å². The molecule has 0 saturated carbocycles. The topological polar surface area (TPSA) is 114 Å². The highest BCUT2D eigenvalue weighted by molar-refractivity contribution is 6.31. The first-order valence-corrected chi connectivity index (χ1v) is 5.74. The lowest BCUT2D eigenvalue weighted by Gasteiger charge is -2.04. The number of nitro benzene ring substituents is 1. The molecule has 0 amide bonds. The predicted octanol–water partition coefficient (Wildman–Crippen LogP) is 2.84. The fourth-order valence-electron chi connectivity index (χ4n) is 1.69. The van der Waals surface area contributed by atoms with Gasteiger partial charge in [0.05, 0.1) is 4.92 Å². The van der Waals surface area contributed by atoms with Gasteiger partial charge in [0.25, 0.3) is 0 Å². The summed E-state index contributed by atoms with van der Waals surface area (Å²) in [5.41, 5.74) is -0.340. The normalized spacial score (nSPS) is 10.4. The highest BCUT2D eigenvalue weighted by Gasteiger charge is 2.20. The first kappa shape index (κ1) is 13.9. The van der Waals surface area contributed by atoms with Crippen molar-refractivity contribution in [2.75, 3.05) is 0 Å². The van der Waals surface area contributed by atoms with E-state index in [4.69, 9.17) is 21.1 Å². The maximum Gasteiger partial charge on any atom is 0.371 e. The summed E-state index contributed by atoms with van der Waals surface area (Å²) in [6.45, 7) is 0. The first-order valence-electron chi connectivity index (χ1n) is 5.36. The number of hydrogen-bond acceptors (Lipinski definition) is 5. The number of hydrogen-bond donors (Lipinski definition) is 2. The van der Waals surface area contributed by atoms with Crippen molar-refractivity contribution in [1.82, 2.24) is 0 Å². The Hall–Kier alpha value is -2.54. The Morgan fingerprint density at radius 3 is 2.65 bits per heavy atom. The van der Waals surface area contributed by atoms with Crippen LogP contribution in [-0.4, -0.2) is 21.1 Å². The number of aromatic carboxylic acids is 1. The largest absolute Gasteiger partial charge is 0.502 e. The molecule has 0 aliphatic carbocycles. The van der Waals surface area contributed by atoms with Gasteiger partial charge >= 0.3 is 11.7 Å². The van der Waals surface area contributed by atoms with Crippen molar-refractivity contribution in [2.24, 2.45) is 0 Å². The fourth-order valence-corrected chi connectivity index (χ4v) is 1.92. The van der Waals surface area contributed by atoms with E-state index in [1.54, 1.807) is 0 Å². The Kier molecular flexibility index (Phi) is 3.62. The van der Waals surface area contributed by atoms with Crippen LogP contribution in [0.5, 0.6) is 5.75 Å². The molecule has 0 aliphatic heterocycles. The van der Waals surface area contributed by atoms with Gasteiger partial charge in [0, 0.05) is 23.1 Å². The number of carboxylic acid groups (broad SMARTS) is 1. The number of nitro groups is 1. The van der Waals surface area contributed by atoms with E-state index >= 15 is 0 Å². The van der Waals surface area contributed by atoms with E-state index in [0.29, 0.717) is 0 Å². The van der Waals surface area contributed by atoms with Crippen LogP contribution >= 0.6 is 11.6 Å². The summed E-state index contributed by atoms with van der Waals surface area (Å²) in [4.78, 5) is 20.7. The molecule has 0 fully saturated rings. The summed E-state index contributed by atoms with van der Waals surface area (Å²) >= 11 is 5.75. The number of rotatable bonds is 4. The fraction of sp³-hybridized carbons (Fsp3) is 0.0833. The second-order valence-electron chi connectivity index (χ2n) is 3.94. The highest BCUT2D eigenvalue weighted by atomic mass is 35.5. The van der Waals surface area contributed by atoms with Crippen molar-refractivity contribution in [3.8, 4) is 5.75 Å². The molecule has 2 aromatic rings. The zero-order valence-electron chi connectivity index (χ0n) is 9.87. The summed E-state index contributed by atoms with van der Waals surface area (Å²) in [5.74, 6) is -1.75. The minimum Gasteiger partial charge on any atom is -0.502 e. The number of benzene rings is 1. The number of furan rings is 1. The average Bonchev–Trinajstić information content (AvgIpc) is 2.81. The van der Waals surface area contributed by atoms with Crippen molar-refractivity contribution in [2.45, 2.75) is 6.42 Å². The number of aromatic hydroxyl groups is 1. The lowest BCUT2D eigenvalue weighted by molar-refractivity contribution is -0.385. The van der Waals surface area contributed by atoms with Crippen LogP contribution in [0.25, 0.3) is 0 Å². The Balaban J connectivity index is 2.37. The van der Waals surface area contributed by atoms with Crippen LogP contribution in [-0.2, 0) is 6.42 Å². The van der Waals surface area contributed by atoms with E-state index in [1.165, 1.54) is 18.2 Å². The van der Waals surface area contributed by atoms with Gasteiger partial charge in [-0.25, -0.2) is 4.79 Å². The van der Waals surface area contributed by atoms with E-state index in [1.807, 2.05) is 0 Å². The molecule has 0 aliphatic rings. The number of halogens is 1. The van der Waals surface area contributed by atoms with E-state index < -0.39 is 22.3 Å². The molecule has 0 saturated heterocycles. The Morgan fingerprint density at radius 1 is 1.40 bits per heavy atom. The second-order valence-corrected chi connectivity index (χ2v) is 4.37. The van der Waals surface area contributed by atoms with Gasteiger partial charge in [-0.05, 0) is 18.2 Å². The van der Waals surface area contributed by atoms with E-state index in [0.717, 1.165) is 6.07 Å². The van der Waals surface area contributed by atoms with Gasteiger partial charge in [-0.3, -0.25) is 10.1 Å². The van der Waals surface area contributed by atoms with Crippen LogP contribution in [0.3, 0.4) is 0 Å². The second kappa shape index (κ2) is 5.22. The van der Waals surface area contributed by atoms with Gasteiger partial charge in [0.2, 0.25) is 5.76 Å². The maximum atomic E-state index is 10.8. The molecule has 1 aromatic heterocycles. The van der Waals surface area contributed by atoms with E-state index in [9.17, 15) is 20.0 Å². The van der Waals surface area contributed by atoms with E-state index in [-0.39, 0.29) is 28.5 Å². The molecule has 2 N–H and O–H groups in total. The third kappa shape index (κ3) is 2.72. The molecule has 0 bridgehead atoms. The van der Waals surface area contributed by atoms with Crippen molar-refractivity contribution < 1.29 is 24.3 Å². The molecular weight excluding hydrogens is 290 g/mol. The van der Waals surface area contributed by atoms with Crippen LogP contribution in [0.15, 0.2) is 28.7 Å². The quantitative estimate of drug-likeness (QED) is 0.662. The van der Waals surface area contributed by atoms with Crippen LogP contribution < -0.4 is 0 Å². The molecular formula is C12H8ClNO6. The summed E-state index contributed by atoms with van der Waals surface area (Å²) in [6.07, 6.45) is -0.0134. The van der Waals surface area contributed by atoms with Crippen molar-refractivity contribution in [1.29, 1.82) is 0 Å². The number of nitrogens with zero attached hydrogens (tertiary/aromatic N) is 1. The van der Waals surface area contributed by atoms with Crippen LogP contribution in [0.1, 0.15) is 21.9 Å². The predicted molar refractivity (Wildman–Crippen MR) is 68.2 cm³/mol. The first-order chi connectivity index (χ1) is 9.38. The number of phenols is 1. The van der Waals surface area contributed by atoms with Gasteiger partial charge in [0.15, 0.2) is 5.75 Å². The molecule has 0 radical (unpaired) electrons. The van der Waals surface area contributed by atoms with Crippen LogP contribution in [0.2, 0.25) is 5.02 Å². The van der Waals surface area contributed by atoms with Crippen molar-refractivity contribution in [3.05, 3.63) is 56.5 Å². The number of phenolic OH excluding ortho intramolecular Hbond substituents is 1. The van der Waals surface area contributed by atoms with Crippen molar-refractivity contribution in [3.63, 3.8) is 0 Å². The molecule has 2 rings (SSSR count). The third-order valence-electron chi connectivity index (χ3n) is 2.57. The molecule has 0 atom stereocenters. The maximum absolute atomic E-state index is 10.8. The van der Waals surface area contributed by atoms with Gasteiger partial charge < -0.3 is 14.6 Å². The van der Waals surface area contributed by atoms with Gasteiger partial charge in [-0.2, -0.15) is 0 Å². The molecule has 1 heterocycles. The Labute approximate surface area is 117 Å². The Bertz CT molecular complexity index is 693. The SMILES string of the molecule is O=C(O)c1ccc(Cc2cc(Cl)cc([N+](=O)[O-])c2O)o1. The van der Waals surface area contributed by atoms with Gasteiger partial charge in [-0.1, -0.05) is 11.6 Å². The minimum atomic E-state index is -1.22. The molecule has 0 unspecified atom stereocenters. The summed E-state index contributed by atoms with van der Waals surface area (Å²) < 4.78 is 5.02. The van der Waals surface area contributed by atoms with Gasteiger partial charge in [-0.15, -0.1) is 0 Å². The molecule has 8 heteroatoms. The molecule has 7 nitrogen and oxygen atoms in total. The summed E-state index contributed by atoms with van der Waals surface area (Å²) in [7, 11) is 0. The molecule has 0 spiro atoms. The minimum absolute atomic E-state index is 0.0134. The summed E-state index contributed by atoms with van der Waals surface area (Å²) in [6, 6.07) is 5.06. The standard InChI is InChI=1S/C12H8ClNO6/c13-7-3-6(11(15)9(5-7)14(18)19)4-8-1-2-10(20-8)12(16)17/h1-3,5,15H,4H2,(H,16,17). The highest BCUT2D eigenvalue weighted by Crippen LogP contribution is 2.34. The Morgan fingerprint density at radius 2 is 2.10 bits per heavy atom. The van der Waals surface area contributed by atoms with Crippen LogP contribution in [0, 0.1) is 10.1 Å². The lowest BCUT2D eigenvalue weighted by Crippen LogP contribution is -1.95. The van der Waals surface area contributed by atoms with Crippen molar-refractivity contribution >= 4 is 23.3 Å². The smallest absolute Gasteiger partial charge is 0.371 e. The average molecular weight is 298 g/mol. The summed E-state index contributed by atoms with van der Waals surface area (Å²) in [5, 5.41) is 29.4. The number of carboxylic acids is 1. The molecule has 1 aromatic carbocycles.